The van der Waals surface area contributed by atoms with Crippen LogP contribution in [0.25, 0.3) is 5.82 Å². The van der Waals surface area contributed by atoms with E-state index in [-0.39, 0.29) is 0 Å². The fourth-order valence-corrected chi connectivity index (χ4v) is 1.92. The molecule has 66 valence electrons. The maximum Gasteiger partial charge on any atom is 0.151 e. The molecule has 0 aromatic carbocycles. The third kappa shape index (κ3) is 1.76. The highest BCUT2D eigenvalue weighted by Gasteiger charge is 2.02. The van der Waals surface area contributed by atoms with Crippen LogP contribution in [0.3, 0.4) is 0 Å². The van der Waals surface area contributed by atoms with Gasteiger partial charge < -0.3 is 4.57 Å². The normalized spacial score (nSPS) is 10.3. The summed E-state index contributed by atoms with van der Waals surface area (Å²) in [5, 5.41) is 0.628. The second-order valence-corrected chi connectivity index (χ2v) is 3.84. The summed E-state index contributed by atoms with van der Waals surface area (Å²) in [6.45, 7) is 0. The van der Waals surface area contributed by atoms with Gasteiger partial charge in [0.15, 0.2) is 5.82 Å². The molecule has 2 nitrogen and oxygen atoms in total. The largest absolute Gasteiger partial charge is 0.308 e. The maximum absolute atomic E-state index is 5.78. The first-order valence-corrected chi connectivity index (χ1v) is 4.89. The van der Waals surface area contributed by atoms with Crippen LogP contribution in [0, 0.1) is 0 Å². The van der Waals surface area contributed by atoms with Gasteiger partial charge in [0, 0.05) is 18.6 Å². The van der Waals surface area contributed by atoms with Gasteiger partial charge in [-0.3, -0.25) is 0 Å². The van der Waals surface area contributed by atoms with Crippen LogP contribution in [-0.2, 0) is 0 Å². The molecular weight excluding hydrogens is 251 g/mol. The van der Waals surface area contributed by atoms with Gasteiger partial charge in [-0.05, 0) is 34.1 Å². The van der Waals surface area contributed by atoms with E-state index in [1.165, 1.54) is 0 Å². The van der Waals surface area contributed by atoms with Gasteiger partial charge in [-0.1, -0.05) is 11.6 Å². The molecule has 2 rings (SSSR count). The molecule has 4 heteroatoms. The Morgan fingerprint density at radius 2 is 2.00 bits per heavy atom. The monoisotopic (exact) mass is 256 g/mol. The molecule has 2 aromatic heterocycles. The summed E-state index contributed by atoms with van der Waals surface area (Å²) in [4.78, 5) is 4.20. The minimum atomic E-state index is 0.628. The van der Waals surface area contributed by atoms with Crippen LogP contribution in [0.4, 0.5) is 0 Å². The van der Waals surface area contributed by atoms with Crippen LogP contribution in [0.2, 0.25) is 5.02 Å². The fourth-order valence-electron chi connectivity index (χ4n) is 1.07. The van der Waals surface area contributed by atoms with Crippen molar-refractivity contribution in [2.75, 3.05) is 0 Å². The van der Waals surface area contributed by atoms with Crippen LogP contribution in [0.5, 0.6) is 0 Å². The lowest BCUT2D eigenvalue weighted by Gasteiger charge is -2.03. The third-order valence-electron chi connectivity index (χ3n) is 1.64. The second kappa shape index (κ2) is 3.52. The predicted molar refractivity (Wildman–Crippen MR) is 56.3 cm³/mol. The molecule has 0 atom stereocenters. The smallest absolute Gasteiger partial charge is 0.151 e. The zero-order valence-corrected chi connectivity index (χ0v) is 8.96. The Hall–Kier alpha value is -0.800. The SMILES string of the molecule is Clc1cnc(-n2cccc2)c(Br)c1. The van der Waals surface area contributed by atoms with Crippen LogP contribution in [0.15, 0.2) is 41.3 Å². The Labute approximate surface area is 89.3 Å². The van der Waals surface area contributed by atoms with E-state index >= 15 is 0 Å². The number of nitrogens with zero attached hydrogens (tertiary/aromatic N) is 2. The van der Waals surface area contributed by atoms with E-state index in [4.69, 9.17) is 11.6 Å². The highest BCUT2D eigenvalue weighted by molar-refractivity contribution is 9.10. The van der Waals surface area contributed by atoms with Gasteiger partial charge in [0.05, 0.1) is 9.50 Å². The standard InChI is InChI=1S/C9H6BrClN2/c10-8-5-7(11)6-12-9(8)13-3-1-2-4-13/h1-6H. The zero-order chi connectivity index (χ0) is 9.26. The van der Waals surface area contributed by atoms with Crippen molar-refractivity contribution in [1.82, 2.24) is 9.55 Å². The van der Waals surface area contributed by atoms with Gasteiger partial charge in [0.2, 0.25) is 0 Å². The Morgan fingerprint density at radius 3 is 2.62 bits per heavy atom. The van der Waals surface area contributed by atoms with Gasteiger partial charge in [0.25, 0.3) is 0 Å². The number of hydrogen-bond donors (Lipinski definition) is 0. The van der Waals surface area contributed by atoms with Crippen molar-refractivity contribution in [3.05, 3.63) is 46.3 Å². The Balaban J connectivity index is 2.53. The van der Waals surface area contributed by atoms with Gasteiger partial charge in [-0.2, -0.15) is 0 Å². The first-order chi connectivity index (χ1) is 6.27. The van der Waals surface area contributed by atoms with Crippen molar-refractivity contribution in [3.63, 3.8) is 0 Å². The molecule has 2 aromatic rings. The molecular formula is C9H6BrClN2. The highest BCUT2D eigenvalue weighted by atomic mass is 79.9. The van der Waals surface area contributed by atoms with Crippen LogP contribution in [-0.4, -0.2) is 9.55 Å². The summed E-state index contributed by atoms with van der Waals surface area (Å²) in [7, 11) is 0. The summed E-state index contributed by atoms with van der Waals surface area (Å²) in [5.74, 6) is 0.842. The summed E-state index contributed by atoms with van der Waals surface area (Å²) in [6, 6.07) is 5.72. The number of aromatic nitrogens is 2. The molecule has 0 aliphatic heterocycles. The third-order valence-corrected chi connectivity index (χ3v) is 2.43. The van der Waals surface area contributed by atoms with E-state index in [1.54, 1.807) is 6.20 Å². The van der Waals surface area contributed by atoms with E-state index in [9.17, 15) is 0 Å². The molecule has 13 heavy (non-hydrogen) atoms. The van der Waals surface area contributed by atoms with E-state index in [1.807, 2.05) is 35.2 Å². The van der Waals surface area contributed by atoms with E-state index < -0.39 is 0 Å². The molecule has 0 bridgehead atoms. The Morgan fingerprint density at radius 1 is 1.31 bits per heavy atom. The van der Waals surface area contributed by atoms with Crippen LogP contribution in [0.1, 0.15) is 0 Å². The molecule has 0 fully saturated rings. The van der Waals surface area contributed by atoms with Gasteiger partial charge in [0.1, 0.15) is 0 Å². The Bertz CT molecular complexity index is 412. The minimum absolute atomic E-state index is 0.628. The molecule has 0 saturated heterocycles. The van der Waals surface area contributed by atoms with Crippen molar-refractivity contribution in [1.29, 1.82) is 0 Å². The molecule has 0 amide bonds. The van der Waals surface area contributed by atoms with Crippen LogP contribution < -0.4 is 0 Å². The quantitative estimate of drug-likeness (QED) is 0.766. The molecule has 0 aliphatic rings. The molecule has 0 radical (unpaired) electrons. The first kappa shape index (κ1) is 8.78. The van der Waals surface area contributed by atoms with Crippen molar-refractivity contribution in [3.8, 4) is 5.82 Å². The lowest BCUT2D eigenvalue weighted by molar-refractivity contribution is 0.999. The number of rotatable bonds is 1. The fraction of sp³-hybridized carbons (Fsp3) is 0. The highest BCUT2D eigenvalue weighted by Crippen LogP contribution is 2.21. The minimum Gasteiger partial charge on any atom is -0.308 e. The molecule has 0 unspecified atom stereocenters. The second-order valence-electron chi connectivity index (χ2n) is 2.55. The van der Waals surface area contributed by atoms with E-state index in [2.05, 4.69) is 20.9 Å². The maximum atomic E-state index is 5.78. The lowest BCUT2D eigenvalue weighted by Crippen LogP contribution is -1.94. The average molecular weight is 258 g/mol. The van der Waals surface area contributed by atoms with E-state index in [0.717, 1.165) is 10.3 Å². The van der Waals surface area contributed by atoms with Gasteiger partial charge in [-0.15, -0.1) is 0 Å². The first-order valence-electron chi connectivity index (χ1n) is 3.72. The predicted octanol–water partition coefficient (Wildman–Crippen LogP) is 3.29. The zero-order valence-electron chi connectivity index (χ0n) is 6.61. The van der Waals surface area contributed by atoms with Gasteiger partial charge in [-0.25, -0.2) is 4.98 Å². The van der Waals surface area contributed by atoms with Crippen molar-refractivity contribution in [2.45, 2.75) is 0 Å². The molecule has 0 spiro atoms. The van der Waals surface area contributed by atoms with Crippen molar-refractivity contribution in [2.24, 2.45) is 0 Å². The average Bonchev–Trinajstić information content (AvgIpc) is 2.56. The molecule has 0 N–H and O–H groups in total. The summed E-state index contributed by atoms with van der Waals surface area (Å²) < 4.78 is 2.80. The van der Waals surface area contributed by atoms with Crippen molar-refractivity contribution < 1.29 is 0 Å². The summed E-state index contributed by atoms with van der Waals surface area (Å²) in [5.41, 5.74) is 0. The van der Waals surface area contributed by atoms with Crippen LogP contribution >= 0.6 is 27.5 Å². The number of hydrogen-bond acceptors (Lipinski definition) is 1. The summed E-state index contributed by atoms with van der Waals surface area (Å²) in [6.07, 6.45) is 5.49. The molecule has 0 aliphatic carbocycles. The molecule has 0 saturated carbocycles. The van der Waals surface area contributed by atoms with Crippen molar-refractivity contribution >= 4 is 27.5 Å². The summed E-state index contributed by atoms with van der Waals surface area (Å²) >= 11 is 9.18. The Kier molecular flexibility index (Phi) is 2.38. The van der Waals surface area contributed by atoms with Gasteiger partial charge >= 0.3 is 0 Å². The number of pyridine rings is 1. The molecule has 2 heterocycles. The topological polar surface area (TPSA) is 17.8 Å². The lowest BCUT2D eigenvalue weighted by atomic mass is 10.4. The number of halogens is 2. The van der Waals surface area contributed by atoms with E-state index in [0.29, 0.717) is 5.02 Å².